The summed E-state index contributed by atoms with van der Waals surface area (Å²) < 4.78 is 5.23. The zero-order valence-electron chi connectivity index (χ0n) is 11.4. The molecule has 0 unspecified atom stereocenters. The van der Waals surface area contributed by atoms with E-state index in [0.717, 1.165) is 22.1 Å². The van der Waals surface area contributed by atoms with Crippen molar-refractivity contribution in [2.75, 3.05) is 18.2 Å². The molecule has 0 atom stereocenters. The largest absolute Gasteiger partial charge is 0.495 e. The molecule has 5 heteroatoms. The molecule has 0 amide bonds. The second-order valence-electron chi connectivity index (χ2n) is 4.60. The molecule has 0 spiro atoms. The normalized spacial score (nSPS) is 10.6. The number of ether oxygens (including phenoxy) is 1. The van der Waals surface area contributed by atoms with Gasteiger partial charge in [-0.15, -0.1) is 0 Å². The number of nitrogens with two attached hydrogens (primary N) is 1. The van der Waals surface area contributed by atoms with Gasteiger partial charge in [-0.3, -0.25) is 4.98 Å². The minimum Gasteiger partial charge on any atom is -0.495 e. The van der Waals surface area contributed by atoms with Crippen molar-refractivity contribution in [1.82, 2.24) is 4.98 Å². The van der Waals surface area contributed by atoms with Crippen molar-refractivity contribution in [3.8, 4) is 5.75 Å². The molecular formula is C16H14ClN3O. The molecule has 4 nitrogen and oxygen atoms in total. The number of halogens is 1. The maximum absolute atomic E-state index is 6.04. The lowest BCUT2D eigenvalue weighted by atomic mass is 10.1. The summed E-state index contributed by atoms with van der Waals surface area (Å²) >= 11 is 6.04. The second kappa shape index (κ2) is 5.50. The molecular weight excluding hydrogens is 286 g/mol. The van der Waals surface area contributed by atoms with Gasteiger partial charge in [-0.05, 0) is 30.3 Å². The minimum atomic E-state index is 0.578. The number of benzene rings is 2. The van der Waals surface area contributed by atoms with Crippen LogP contribution in [0.5, 0.6) is 5.75 Å². The van der Waals surface area contributed by atoms with E-state index in [4.69, 9.17) is 22.1 Å². The molecule has 0 fully saturated rings. The lowest BCUT2D eigenvalue weighted by Gasteiger charge is -2.12. The maximum atomic E-state index is 6.04. The Labute approximate surface area is 127 Å². The summed E-state index contributed by atoms with van der Waals surface area (Å²) in [6.45, 7) is 0. The third-order valence-corrected chi connectivity index (χ3v) is 3.59. The van der Waals surface area contributed by atoms with E-state index in [1.165, 1.54) is 0 Å². The fourth-order valence-electron chi connectivity index (χ4n) is 2.21. The summed E-state index contributed by atoms with van der Waals surface area (Å²) in [5, 5.41) is 5.86. The average Bonchev–Trinajstić information content (AvgIpc) is 2.52. The van der Waals surface area contributed by atoms with Crippen LogP contribution in [-0.2, 0) is 0 Å². The smallest absolute Gasteiger partial charge is 0.139 e. The quantitative estimate of drug-likeness (QED) is 0.711. The highest BCUT2D eigenvalue weighted by molar-refractivity contribution is 6.32. The van der Waals surface area contributed by atoms with Gasteiger partial charge in [-0.2, -0.15) is 0 Å². The minimum absolute atomic E-state index is 0.578. The maximum Gasteiger partial charge on any atom is 0.139 e. The zero-order chi connectivity index (χ0) is 14.8. The van der Waals surface area contributed by atoms with E-state index in [9.17, 15) is 0 Å². The molecule has 3 N–H and O–H groups in total. The monoisotopic (exact) mass is 299 g/mol. The molecule has 1 heterocycles. The van der Waals surface area contributed by atoms with Gasteiger partial charge in [0.05, 0.1) is 12.1 Å². The summed E-state index contributed by atoms with van der Waals surface area (Å²) in [5.41, 5.74) is 8.52. The first-order valence-corrected chi connectivity index (χ1v) is 6.79. The molecule has 0 aliphatic carbocycles. The molecule has 3 rings (SSSR count). The Bertz CT molecular complexity index is 805. The number of nitrogens with zero attached hydrogens (tertiary/aromatic N) is 1. The summed E-state index contributed by atoms with van der Waals surface area (Å²) in [6, 6.07) is 11.3. The Balaban J connectivity index is 2.04. The number of fused-ring (bicyclic) bond motifs is 1. The molecule has 0 aliphatic heterocycles. The molecule has 0 radical (unpaired) electrons. The van der Waals surface area contributed by atoms with Crippen LogP contribution >= 0.6 is 11.6 Å². The number of nitrogens with one attached hydrogen (secondary N) is 1. The number of hydrogen-bond donors (Lipinski definition) is 2. The van der Waals surface area contributed by atoms with Crippen LogP contribution in [0.3, 0.4) is 0 Å². The molecule has 2 aromatic carbocycles. The van der Waals surface area contributed by atoms with Crippen molar-refractivity contribution in [1.29, 1.82) is 0 Å². The number of anilines is 3. The SMILES string of the molecule is COc1cc(Nc2ccc(N)c3cnccc23)ccc1Cl. The number of rotatable bonds is 3. The molecule has 21 heavy (non-hydrogen) atoms. The van der Waals surface area contributed by atoms with Gasteiger partial charge in [-0.25, -0.2) is 0 Å². The highest BCUT2D eigenvalue weighted by atomic mass is 35.5. The first-order valence-electron chi connectivity index (χ1n) is 6.42. The average molecular weight is 300 g/mol. The Morgan fingerprint density at radius 3 is 2.81 bits per heavy atom. The third-order valence-electron chi connectivity index (χ3n) is 3.28. The van der Waals surface area contributed by atoms with E-state index < -0.39 is 0 Å². The third kappa shape index (κ3) is 2.58. The van der Waals surface area contributed by atoms with E-state index in [1.54, 1.807) is 25.6 Å². The number of hydrogen-bond acceptors (Lipinski definition) is 4. The Kier molecular flexibility index (Phi) is 3.54. The van der Waals surface area contributed by atoms with Crippen LogP contribution in [0.4, 0.5) is 17.1 Å². The van der Waals surface area contributed by atoms with Crippen molar-refractivity contribution >= 4 is 39.4 Å². The van der Waals surface area contributed by atoms with E-state index in [2.05, 4.69) is 10.3 Å². The van der Waals surface area contributed by atoms with Crippen molar-refractivity contribution in [3.63, 3.8) is 0 Å². The van der Waals surface area contributed by atoms with Crippen LogP contribution in [0.15, 0.2) is 48.8 Å². The number of nitrogen functional groups attached to an aromatic ring is 1. The van der Waals surface area contributed by atoms with Crippen LogP contribution in [0, 0.1) is 0 Å². The molecule has 0 saturated carbocycles. The van der Waals surface area contributed by atoms with Gasteiger partial charge >= 0.3 is 0 Å². The Morgan fingerprint density at radius 2 is 2.00 bits per heavy atom. The second-order valence-corrected chi connectivity index (χ2v) is 5.01. The van der Waals surface area contributed by atoms with Gasteiger partial charge in [0.15, 0.2) is 0 Å². The molecule has 0 bridgehead atoms. The highest BCUT2D eigenvalue weighted by Gasteiger charge is 2.06. The van der Waals surface area contributed by atoms with Gasteiger partial charge in [0, 0.05) is 46.3 Å². The molecule has 3 aromatic rings. The van der Waals surface area contributed by atoms with Gasteiger partial charge in [0.2, 0.25) is 0 Å². The zero-order valence-corrected chi connectivity index (χ0v) is 12.2. The summed E-state index contributed by atoms with van der Waals surface area (Å²) in [7, 11) is 1.59. The molecule has 1 aromatic heterocycles. The van der Waals surface area contributed by atoms with Crippen LogP contribution in [0.2, 0.25) is 5.02 Å². The predicted octanol–water partition coefficient (Wildman–Crippen LogP) is 4.22. The predicted molar refractivity (Wildman–Crippen MR) is 87.4 cm³/mol. The van der Waals surface area contributed by atoms with Crippen LogP contribution < -0.4 is 15.8 Å². The number of aromatic nitrogens is 1. The Morgan fingerprint density at radius 1 is 1.14 bits per heavy atom. The van der Waals surface area contributed by atoms with Crippen LogP contribution in [0.1, 0.15) is 0 Å². The van der Waals surface area contributed by atoms with E-state index >= 15 is 0 Å². The topological polar surface area (TPSA) is 60.2 Å². The number of methoxy groups -OCH3 is 1. The lowest BCUT2D eigenvalue weighted by Crippen LogP contribution is -1.95. The lowest BCUT2D eigenvalue weighted by molar-refractivity contribution is 0.415. The van der Waals surface area contributed by atoms with Crippen molar-refractivity contribution in [3.05, 3.63) is 53.8 Å². The summed E-state index contributed by atoms with van der Waals surface area (Å²) in [4.78, 5) is 4.12. The van der Waals surface area contributed by atoms with Gasteiger partial charge in [-0.1, -0.05) is 11.6 Å². The summed E-state index contributed by atoms with van der Waals surface area (Å²) in [5.74, 6) is 0.628. The molecule has 0 saturated heterocycles. The fourth-order valence-corrected chi connectivity index (χ4v) is 2.41. The molecule has 106 valence electrons. The first-order chi connectivity index (χ1) is 10.2. The van der Waals surface area contributed by atoms with Gasteiger partial charge < -0.3 is 15.8 Å². The number of pyridine rings is 1. The first kappa shape index (κ1) is 13.5. The van der Waals surface area contributed by atoms with E-state index in [1.807, 2.05) is 30.3 Å². The van der Waals surface area contributed by atoms with Gasteiger partial charge in [0.1, 0.15) is 5.75 Å². The standard InChI is InChI=1S/C16H14ClN3O/c1-21-16-8-10(2-3-13(16)17)20-15-5-4-14(18)12-9-19-7-6-11(12)15/h2-9,20H,18H2,1H3. The van der Waals surface area contributed by atoms with Crippen LogP contribution in [-0.4, -0.2) is 12.1 Å². The van der Waals surface area contributed by atoms with Crippen molar-refractivity contribution in [2.45, 2.75) is 0 Å². The highest BCUT2D eigenvalue weighted by Crippen LogP contribution is 2.32. The Hall–Kier alpha value is -2.46. The van der Waals surface area contributed by atoms with E-state index in [0.29, 0.717) is 16.5 Å². The molecule has 0 aliphatic rings. The fraction of sp³-hybridized carbons (Fsp3) is 0.0625. The van der Waals surface area contributed by atoms with Crippen molar-refractivity contribution in [2.24, 2.45) is 0 Å². The van der Waals surface area contributed by atoms with Gasteiger partial charge in [0.25, 0.3) is 0 Å². The van der Waals surface area contributed by atoms with Crippen molar-refractivity contribution < 1.29 is 4.74 Å². The van der Waals surface area contributed by atoms with E-state index in [-0.39, 0.29) is 0 Å². The summed E-state index contributed by atoms with van der Waals surface area (Å²) in [6.07, 6.45) is 3.51. The van der Waals surface area contributed by atoms with Crippen LogP contribution in [0.25, 0.3) is 10.8 Å².